The van der Waals surface area contributed by atoms with Crippen molar-refractivity contribution in [1.29, 1.82) is 5.26 Å². The molecule has 1 aliphatic rings. The topological polar surface area (TPSA) is 27.0 Å². The number of piperidine rings is 1. The summed E-state index contributed by atoms with van der Waals surface area (Å²) in [5.41, 5.74) is 0. The zero-order valence-electron chi connectivity index (χ0n) is 7.21. The monoisotopic (exact) mass is 152 g/mol. The molecule has 0 aromatic heterocycles. The third kappa shape index (κ3) is 2.90. The van der Waals surface area contributed by atoms with E-state index in [4.69, 9.17) is 5.26 Å². The van der Waals surface area contributed by atoms with E-state index in [1.54, 1.807) is 0 Å². The highest BCUT2D eigenvalue weighted by Gasteiger charge is 2.14. The zero-order valence-corrected chi connectivity index (χ0v) is 7.21. The Morgan fingerprint density at radius 2 is 2.45 bits per heavy atom. The van der Waals surface area contributed by atoms with Crippen molar-refractivity contribution in [2.24, 2.45) is 5.92 Å². The summed E-state index contributed by atoms with van der Waals surface area (Å²) in [6.45, 7) is 5.66. The summed E-state index contributed by atoms with van der Waals surface area (Å²) in [6.07, 6.45) is 3.36. The highest BCUT2D eigenvalue weighted by Crippen LogP contribution is 2.14. The molecule has 0 saturated carbocycles. The third-order valence-corrected chi connectivity index (χ3v) is 2.28. The average Bonchev–Trinajstić information content (AvgIpc) is 2.01. The average molecular weight is 152 g/mol. The van der Waals surface area contributed by atoms with Crippen LogP contribution in [-0.2, 0) is 0 Å². The number of nitrogens with zero attached hydrogens (tertiary/aromatic N) is 2. The SMILES string of the molecule is C[C@H]1CCCN(CCC#N)C1. The summed E-state index contributed by atoms with van der Waals surface area (Å²) in [4.78, 5) is 2.40. The summed E-state index contributed by atoms with van der Waals surface area (Å²) in [7, 11) is 0. The van der Waals surface area contributed by atoms with Crippen LogP contribution in [0.3, 0.4) is 0 Å². The van der Waals surface area contributed by atoms with Gasteiger partial charge in [-0.15, -0.1) is 0 Å². The molecule has 1 saturated heterocycles. The Labute approximate surface area is 68.8 Å². The Bertz CT molecular complexity index is 148. The van der Waals surface area contributed by atoms with Crippen molar-refractivity contribution in [3.8, 4) is 6.07 Å². The van der Waals surface area contributed by atoms with Gasteiger partial charge in [0.25, 0.3) is 0 Å². The van der Waals surface area contributed by atoms with Crippen molar-refractivity contribution >= 4 is 0 Å². The molecule has 0 spiro atoms. The smallest absolute Gasteiger partial charge is 0.0635 e. The summed E-state index contributed by atoms with van der Waals surface area (Å²) in [6, 6.07) is 2.19. The maximum absolute atomic E-state index is 8.39. The summed E-state index contributed by atoms with van der Waals surface area (Å²) in [5, 5.41) is 8.39. The van der Waals surface area contributed by atoms with Gasteiger partial charge in [-0.2, -0.15) is 5.26 Å². The Morgan fingerprint density at radius 1 is 1.64 bits per heavy atom. The summed E-state index contributed by atoms with van der Waals surface area (Å²) in [5.74, 6) is 0.836. The molecule has 0 N–H and O–H groups in total. The van der Waals surface area contributed by atoms with Crippen LogP contribution in [0.25, 0.3) is 0 Å². The Hall–Kier alpha value is -0.550. The van der Waals surface area contributed by atoms with E-state index in [2.05, 4.69) is 17.9 Å². The molecule has 2 nitrogen and oxygen atoms in total. The third-order valence-electron chi connectivity index (χ3n) is 2.28. The molecular formula is C9H16N2. The number of hydrogen-bond donors (Lipinski definition) is 0. The van der Waals surface area contributed by atoms with Gasteiger partial charge < -0.3 is 4.90 Å². The number of nitriles is 1. The van der Waals surface area contributed by atoms with Crippen molar-refractivity contribution in [1.82, 2.24) is 4.90 Å². The first kappa shape index (κ1) is 8.55. The molecule has 0 amide bonds. The molecule has 1 heterocycles. The van der Waals surface area contributed by atoms with E-state index in [0.717, 1.165) is 12.5 Å². The Balaban J connectivity index is 2.18. The van der Waals surface area contributed by atoms with E-state index in [1.165, 1.54) is 25.9 Å². The number of likely N-dealkylation sites (tertiary alicyclic amines) is 1. The second-order valence-corrected chi connectivity index (χ2v) is 3.46. The van der Waals surface area contributed by atoms with Crippen molar-refractivity contribution in [2.45, 2.75) is 26.2 Å². The largest absolute Gasteiger partial charge is 0.302 e. The van der Waals surface area contributed by atoms with Crippen LogP contribution in [0.4, 0.5) is 0 Å². The van der Waals surface area contributed by atoms with E-state index in [-0.39, 0.29) is 0 Å². The molecule has 2 heteroatoms. The predicted octanol–water partition coefficient (Wildman–Crippen LogP) is 1.63. The zero-order chi connectivity index (χ0) is 8.10. The molecular weight excluding hydrogens is 136 g/mol. The van der Waals surface area contributed by atoms with Crippen LogP contribution < -0.4 is 0 Å². The maximum atomic E-state index is 8.39. The lowest BCUT2D eigenvalue weighted by Crippen LogP contribution is -2.34. The first-order chi connectivity index (χ1) is 5.33. The van der Waals surface area contributed by atoms with Crippen LogP contribution in [0, 0.1) is 17.2 Å². The predicted molar refractivity (Wildman–Crippen MR) is 45.1 cm³/mol. The number of rotatable bonds is 2. The maximum Gasteiger partial charge on any atom is 0.0635 e. The molecule has 0 aliphatic carbocycles. The summed E-state index contributed by atoms with van der Waals surface area (Å²) < 4.78 is 0. The van der Waals surface area contributed by atoms with Crippen LogP contribution in [0.1, 0.15) is 26.2 Å². The molecule has 0 aromatic carbocycles. The Kier molecular flexibility index (Phi) is 3.38. The van der Waals surface area contributed by atoms with Gasteiger partial charge in [0.2, 0.25) is 0 Å². The second-order valence-electron chi connectivity index (χ2n) is 3.46. The molecule has 1 aliphatic heterocycles. The van der Waals surface area contributed by atoms with E-state index in [9.17, 15) is 0 Å². The second kappa shape index (κ2) is 4.35. The minimum atomic E-state index is 0.687. The van der Waals surface area contributed by atoms with Crippen molar-refractivity contribution in [3.63, 3.8) is 0 Å². The van der Waals surface area contributed by atoms with Gasteiger partial charge >= 0.3 is 0 Å². The van der Waals surface area contributed by atoms with Gasteiger partial charge in [-0.3, -0.25) is 0 Å². The highest BCUT2D eigenvalue weighted by atomic mass is 15.1. The van der Waals surface area contributed by atoms with E-state index in [1.807, 2.05) is 0 Å². The van der Waals surface area contributed by atoms with E-state index >= 15 is 0 Å². The molecule has 0 unspecified atom stereocenters. The van der Waals surface area contributed by atoms with Crippen LogP contribution in [0.2, 0.25) is 0 Å². The minimum Gasteiger partial charge on any atom is -0.302 e. The molecule has 0 bridgehead atoms. The fourth-order valence-electron chi connectivity index (χ4n) is 1.70. The Morgan fingerprint density at radius 3 is 3.09 bits per heavy atom. The molecule has 11 heavy (non-hydrogen) atoms. The van der Waals surface area contributed by atoms with Gasteiger partial charge in [0, 0.05) is 19.5 Å². The van der Waals surface area contributed by atoms with Gasteiger partial charge in [-0.1, -0.05) is 6.92 Å². The standard InChI is InChI=1S/C9H16N2/c1-9-4-2-6-11(8-9)7-3-5-10/h9H,2-4,6-8H2,1H3/t9-/m0/s1. The normalized spacial score (nSPS) is 26.4. The molecule has 0 radical (unpaired) electrons. The molecule has 1 rings (SSSR count). The van der Waals surface area contributed by atoms with Gasteiger partial charge in [-0.25, -0.2) is 0 Å². The molecule has 62 valence electrons. The molecule has 0 aromatic rings. The fraction of sp³-hybridized carbons (Fsp3) is 0.889. The molecule has 1 atom stereocenters. The van der Waals surface area contributed by atoms with Crippen LogP contribution in [0.15, 0.2) is 0 Å². The van der Waals surface area contributed by atoms with Gasteiger partial charge in [0.05, 0.1) is 6.07 Å². The highest BCUT2D eigenvalue weighted by molar-refractivity contribution is 4.75. The van der Waals surface area contributed by atoms with Crippen LogP contribution in [0.5, 0.6) is 0 Å². The van der Waals surface area contributed by atoms with E-state index < -0.39 is 0 Å². The first-order valence-electron chi connectivity index (χ1n) is 4.42. The molecule has 1 fully saturated rings. The fourth-order valence-corrected chi connectivity index (χ4v) is 1.70. The van der Waals surface area contributed by atoms with Gasteiger partial charge in [0.15, 0.2) is 0 Å². The quantitative estimate of drug-likeness (QED) is 0.601. The lowest BCUT2D eigenvalue weighted by atomic mass is 10.0. The van der Waals surface area contributed by atoms with Crippen molar-refractivity contribution in [2.75, 3.05) is 19.6 Å². The van der Waals surface area contributed by atoms with Gasteiger partial charge in [0.1, 0.15) is 0 Å². The van der Waals surface area contributed by atoms with Crippen LogP contribution in [-0.4, -0.2) is 24.5 Å². The van der Waals surface area contributed by atoms with Crippen molar-refractivity contribution in [3.05, 3.63) is 0 Å². The van der Waals surface area contributed by atoms with Gasteiger partial charge in [-0.05, 0) is 25.3 Å². The summed E-state index contributed by atoms with van der Waals surface area (Å²) >= 11 is 0. The first-order valence-corrected chi connectivity index (χ1v) is 4.42. The van der Waals surface area contributed by atoms with Crippen molar-refractivity contribution < 1.29 is 0 Å². The van der Waals surface area contributed by atoms with E-state index in [0.29, 0.717) is 6.42 Å². The minimum absolute atomic E-state index is 0.687. The van der Waals surface area contributed by atoms with Crippen LogP contribution >= 0.6 is 0 Å². The number of hydrogen-bond acceptors (Lipinski definition) is 2. The lowest BCUT2D eigenvalue weighted by Gasteiger charge is -2.29. The lowest BCUT2D eigenvalue weighted by molar-refractivity contribution is 0.187.